The summed E-state index contributed by atoms with van der Waals surface area (Å²) in [5.41, 5.74) is 1.19. The molecule has 2 heterocycles. The van der Waals surface area contributed by atoms with Gasteiger partial charge in [0.05, 0.1) is 18.0 Å². The van der Waals surface area contributed by atoms with Crippen LogP contribution in [-0.2, 0) is 4.79 Å². The Hall–Kier alpha value is -1.54. The fourth-order valence-electron chi connectivity index (χ4n) is 3.05. The van der Waals surface area contributed by atoms with E-state index in [4.69, 9.17) is 5.26 Å². The highest BCUT2D eigenvalue weighted by molar-refractivity contribution is 9.10. The first-order valence-electron chi connectivity index (χ1n) is 6.87. The Labute approximate surface area is 127 Å². The largest absolute Gasteiger partial charge is 0.369 e. The molecule has 20 heavy (non-hydrogen) atoms. The van der Waals surface area contributed by atoms with E-state index in [0.717, 1.165) is 24.0 Å². The van der Waals surface area contributed by atoms with Gasteiger partial charge in [0.25, 0.3) is 0 Å². The number of nitrogens with zero attached hydrogens (tertiary/aromatic N) is 3. The van der Waals surface area contributed by atoms with Crippen LogP contribution in [0.4, 0.5) is 5.69 Å². The van der Waals surface area contributed by atoms with E-state index in [1.807, 2.05) is 17.0 Å². The molecule has 2 atom stereocenters. The molecule has 2 fully saturated rings. The third-order valence-corrected chi connectivity index (χ3v) is 4.67. The molecule has 0 bridgehead atoms. The van der Waals surface area contributed by atoms with Gasteiger partial charge < -0.3 is 9.80 Å². The van der Waals surface area contributed by atoms with Crippen molar-refractivity contribution in [3.05, 3.63) is 28.7 Å². The lowest BCUT2D eigenvalue weighted by molar-refractivity contribution is -0.129. The summed E-state index contributed by atoms with van der Waals surface area (Å²) in [5, 5.41) is 8.96. The van der Waals surface area contributed by atoms with E-state index in [1.54, 1.807) is 0 Å². The van der Waals surface area contributed by atoms with Gasteiger partial charge in [-0.3, -0.25) is 4.79 Å². The molecule has 1 amide bonds. The lowest BCUT2D eigenvalue weighted by Gasteiger charge is -2.25. The van der Waals surface area contributed by atoms with Crippen LogP contribution in [-0.4, -0.2) is 36.5 Å². The van der Waals surface area contributed by atoms with Gasteiger partial charge in [0.1, 0.15) is 0 Å². The molecule has 0 saturated carbocycles. The SMILES string of the molecule is N#CC1CC(=O)N(C2CCN(c3ccc(Br)cc3)C2)C1. The summed E-state index contributed by atoms with van der Waals surface area (Å²) < 4.78 is 1.07. The minimum atomic E-state index is -0.121. The van der Waals surface area contributed by atoms with Crippen LogP contribution >= 0.6 is 15.9 Å². The number of carbonyl (C=O) groups is 1. The van der Waals surface area contributed by atoms with Gasteiger partial charge in [0, 0.05) is 36.2 Å². The minimum Gasteiger partial charge on any atom is -0.369 e. The molecule has 0 N–H and O–H groups in total. The number of hydrogen-bond donors (Lipinski definition) is 0. The predicted molar refractivity (Wildman–Crippen MR) is 80.2 cm³/mol. The molecule has 5 heteroatoms. The average Bonchev–Trinajstić information content (AvgIpc) is 3.06. The standard InChI is InChI=1S/C15H16BrN3O/c16-12-1-3-13(4-2-12)18-6-5-14(10-18)19-9-11(8-17)7-15(19)20/h1-4,11,14H,5-7,9-10H2. The second kappa shape index (κ2) is 5.45. The van der Waals surface area contributed by atoms with Crippen molar-refractivity contribution >= 4 is 27.5 Å². The molecule has 2 saturated heterocycles. The molecule has 104 valence electrons. The Balaban J connectivity index is 1.67. The van der Waals surface area contributed by atoms with Crippen LogP contribution in [0.15, 0.2) is 28.7 Å². The number of benzene rings is 1. The molecule has 1 aromatic carbocycles. The Morgan fingerprint density at radius 2 is 2.00 bits per heavy atom. The second-order valence-corrected chi connectivity index (χ2v) is 6.36. The van der Waals surface area contributed by atoms with Gasteiger partial charge in [-0.15, -0.1) is 0 Å². The van der Waals surface area contributed by atoms with Crippen LogP contribution in [0.25, 0.3) is 0 Å². The van der Waals surface area contributed by atoms with Crippen molar-refractivity contribution in [3.8, 4) is 6.07 Å². The third kappa shape index (κ3) is 2.53. The van der Waals surface area contributed by atoms with Gasteiger partial charge >= 0.3 is 0 Å². The Morgan fingerprint density at radius 3 is 2.65 bits per heavy atom. The first-order valence-corrected chi connectivity index (χ1v) is 7.66. The average molecular weight is 334 g/mol. The van der Waals surface area contributed by atoms with Crippen molar-refractivity contribution in [1.29, 1.82) is 5.26 Å². The number of nitriles is 1. The zero-order chi connectivity index (χ0) is 14.1. The fourth-order valence-corrected chi connectivity index (χ4v) is 3.32. The second-order valence-electron chi connectivity index (χ2n) is 5.44. The molecule has 2 aliphatic heterocycles. The van der Waals surface area contributed by atoms with Crippen molar-refractivity contribution in [2.24, 2.45) is 5.92 Å². The zero-order valence-corrected chi connectivity index (χ0v) is 12.7. The van der Waals surface area contributed by atoms with Crippen molar-refractivity contribution in [3.63, 3.8) is 0 Å². The molecule has 3 rings (SSSR count). The normalized spacial score (nSPS) is 26.1. The first kappa shape index (κ1) is 13.4. The van der Waals surface area contributed by atoms with E-state index in [2.05, 4.69) is 39.0 Å². The van der Waals surface area contributed by atoms with E-state index in [9.17, 15) is 4.79 Å². The monoisotopic (exact) mass is 333 g/mol. The predicted octanol–water partition coefficient (Wildman–Crippen LogP) is 2.40. The summed E-state index contributed by atoms with van der Waals surface area (Å²) in [5.74, 6) is 0.0171. The Kier molecular flexibility index (Phi) is 3.66. The molecule has 2 unspecified atom stereocenters. The number of carbonyl (C=O) groups excluding carboxylic acids is 1. The Morgan fingerprint density at radius 1 is 1.25 bits per heavy atom. The van der Waals surface area contributed by atoms with Gasteiger partial charge in [-0.1, -0.05) is 15.9 Å². The summed E-state index contributed by atoms with van der Waals surface area (Å²) >= 11 is 3.44. The minimum absolute atomic E-state index is 0.121. The van der Waals surface area contributed by atoms with Gasteiger partial charge in [-0.05, 0) is 30.7 Å². The summed E-state index contributed by atoms with van der Waals surface area (Å²) in [6.45, 7) is 2.44. The molecule has 2 aliphatic rings. The van der Waals surface area contributed by atoms with Gasteiger partial charge in [-0.2, -0.15) is 5.26 Å². The van der Waals surface area contributed by atoms with Crippen LogP contribution < -0.4 is 4.90 Å². The van der Waals surface area contributed by atoms with E-state index >= 15 is 0 Å². The molecule has 0 spiro atoms. The zero-order valence-electron chi connectivity index (χ0n) is 11.1. The van der Waals surface area contributed by atoms with Crippen LogP contribution in [0, 0.1) is 17.2 Å². The lowest BCUT2D eigenvalue weighted by Crippen LogP contribution is -2.38. The molecule has 0 radical (unpaired) electrons. The molecular formula is C15H16BrN3O. The van der Waals surface area contributed by atoms with Crippen molar-refractivity contribution < 1.29 is 4.79 Å². The van der Waals surface area contributed by atoms with Crippen molar-refractivity contribution in [2.45, 2.75) is 18.9 Å². The van der Waals surface area contributed by atoms with E-state index < -0.39 is 0 Å². The maximum absolute atomic E-state index is 12.0. The number of anilines is 1. The first-order chi connectivity index (χ1) is 9.67. The van der Waals surface area contributed by atoms with Crippen molar-refractivity contribution in [2.75, 3.05) is 24.5 Å². The number of amides is 1. The Bertz CT molecular complexity index is 551. The van der Waals surface area contributed by atoms with Gasteiger partial charge in [-0.25, -0.2) is 0 Å². The van der Waals surface area contributed by atoms with Crippen LogP contribution in [0.1, 0.15) is 12.8 Å². The highest BCUT2D eigenvalue weighted by Crippen LogP contribution is 2.28. The lowest BCUT2D eigenvalue weighted by atomic mass is 10.1. The van der Waals surface area contributed by atoms with Crippen LogP contribution in [0.5, 0.6) is 0 Å². The smallest absolute Gasteiger partial charge is 0.224 e. The molecule has 0 aromatic heterocycles. The highest BCUT2D eigenvalue weighted by atomic mass is 79.9. The van der Waals surface area contributed by atoms with Crippen molar-refractivity contribution in [1.82, 2.24) is 4.90 Å². The summed E-state index contributed by atoms with van der Waals surface area (Å²) in [7, 11) is 0. The number of rotatable bonds is 2. The molecule has 0 aliphatic carbocycles. The molecule has 4 nitrogen and oxygen atoms in total. The fraction of sp³-hybridized carbons (Fsp3) is 0.467. The summed E-state index contributed by atoms with van der Waals surface area (Å²) in [6.07, 6.45) is 1.38. The van der Waals surface area contributed by atoms with E-state index in [-0.39, 0.29) is 17.9 Å². The summed E-state index contributed by atoms with van der Waals surface area (Å²) in [6, 6.07) is 10.7. The van der Waals surface area contributed by atoms with E-state index in [1.165, 1.54) is 5.69 Å². The van der Waals surface area contributed by atoms with Gasteiger partial charge in [0.2, 0.25) is 5.91 Å². The van der Waals surface area contributed by atoms with Crippen LogP contribution in [0.2, 0.25) is 0 Å². The van der Waals surface area contributed by atoms with Crippen LogP contribution in [0.3, 0.4) is 0 Å². The third-order valence-electron chi connectivity index (χ3n) is 4.14. The quantitative estimate of drug-likeness (QED) is 0.834. The highest BCUT2D eigenvalue weighted by Gasteiger charge is 2.37. The van der Waals surface area contributed by atoms with Gasteiger partial charge in [0.15, 0.2) is 0 Å². The topological polar surface area (TPSA) is 47.3 Å². The number of hydrogen-bond acceptors (Lipinski definition) is 3. The maximum atomic E-state index is 12.0. The number of halogens is 1. The number of likely N-dealkylation sites (tertiary alicyclic amines) is 1. The summed E-state index contributed by atoms with van der Waals surface area (Å²) in [4.78, 5) is 16.2. The maximum Gasteiger partial charge on any atom is 0.224 e. The molecule has 1 aromatic rings. The molecular weight excluding hydrogens is 318 g/mol. The van der Waals surface area contributed by atoms with E-state index in [0.29, 0.717) is 13.0 Å².